The van der Waals surface area contributed by atoms with Gasteiger partial charge >= 0.3 is 0 Å². The molecule has 0 aliphatic carbocycles. The zero-order valence-electron chi connectivity index (χ0n) is 15.3. The van der Waals surface area contributed by atoms with E-state index in [-0.39, 0.29) is 5.91 Å². The molecule has 0 fully saturated rings. The van der Waals surface area contributed by atoms with E-state index in [4.69, 9.17) is 4.98 Å². The van der Waals surface area contributed by atoms with Gasteiger partial charge in [0.05, 0.1) is 27.4 Å². The van der Waals surface area contributed by atoms with Crippen molar-refractivity contribution in [3.63, 3.8) is 0 Å². The molecule has 0 atom stereocenters. The first-order valence-electron chi connectivity index (χ1n) is 9.08. The van der Waals surface area contributed by atoms with Crippen LogP contribution in [0.3, 0.4) is 0 Å². The molecule has 3 aromatic heterocycles. The average Bonchev–Trinajstić information content (AvgIpc) is 3.37. The van der Waals surface area contributed by atoms with Crippen molar-refractivity contribution in [3.05, 3.63) is 79.1 Å². The van der Waals surface area contributed by atoms with Gasteiger partial charge in [-0.2, -0.15) is 0 Å². The number of thiazole rings is 1. The van der Waals surface area contributed by atoms with Crippen molar-refractivity contribution in [1.29, 1.82) is 0 Å². The number of carbonyl (C=O) groups excluding carboxylic acids is 1. The number of benzene rings is 2. The molecule has 0 aliphatic rings. The lowest BCUT2D eigenvalue weighted by Crippen LogP contribution is -2.14. The SMILES string of the molecule is O=C(CSc1nc2ccccc2s1)Nc1cccn2cc(-c3ccccc3)nc12. The van der Waals surface area contributed by atoms with E-state index in [1.807, 2.05) is 83.5 Å². The lowest BCUT2D eigenvalue weighted by molar-refractivity contribution is -0.113. The number of pyridine rings is 1. The summed E-state index contributed by atoms with van der Waals surface area (Å²) in [4.78, 5) is 21.8. The Hall–Kier alpha value is -3.16. The highest BCUT2D eigenvalue weighted by atomic mass is 32.2. The molecule has 1 amide bonds. The number of carbonyl (C=O) groups is 1. The molecule has 5 nitrogen and oxygen atoms in total. The van der Waals surface area contributed by atoms with Gasteiger partial charge in [0.25, 0.3) is 0 Å². The lowest BCUT2D eigenvalue weighted by atomic mass is 10.2. The summed E-state index contributed by atoms with van der Waals surface area (Å²) < 4.78 is 3.95. The van der Waals surface area contributed by atoms with Gasteiger partial charge in [-0.15, -0.1) is 11.3 Å². The van der Waals surface area contributed by atoms with Gasteiger partial charge in [0, 0.05) is 18.0 Å². The summed E-state index contributed by atoms with van der Waals surface area (Å²) in [6, 6.07) is 21.8. The fourth-order valence-electron chi connectivity index (χ4n) is 3.08. The summed E-state index contributed by atoms with van der Waals surface area (Å²) >= 11 is 3.05. The number of nitrogens with one attached hydrogen (secondary N) is 1. The van der Waals surface area contributed by atoms with Crippen molar-refractivity contribution < 1.29 is 4.79 Å². The summed E-state index contributed by atoms with van der Waals surface area (Å²) in [5, 5.41) is 2.99. The monoisotopic (exact) mass is 416 g/mol. The Bertz CT molecular complexity index is 1280. The third-order valence-electron chi connectivity index (χ3n) is 4.43. The van der Waals surface area contributed by atoms with Crippen LogP contribution >= 0.6 is 23.1 Å². The number of imidazole rings is 1. The van der Waals surface area contributed by atoms with E-state index in [0.29, 0.717) is 11.4 Å². The maximum absolute atomic E-state index is 12.5. The molecule has 0 unspecified atom stereocenters. The number of fused-ring (bicyclic) bond motifs is 2. The van der Waals surface area contributed by atoms with Gasteiger partial charge in [0.1, 0.15) is 0 Å². The molecule has 1 N–H and O–H groups in total. The minimum Gasteiger partial charge on any atom is -0.322 e. The zero-order chi connectivity index (χ0) is 19.6. The minimum absolute atomic E-state index is 0.0772. The third-order valence-corrected chi connectivity index (χ3v) is 6.61. The average molecular weight is 417 g/mol. The summed E-state index contributed by atoms with van der Waals surface area (Å²) in [5.41, 5.74) is 4.31. The van der Waals surface area contributed by atoms with Crippen molar-refractivity contribution in [3.8, 4) is 11.3 Å². The van der Waals surface area contributed by atoms with Crippen molar-refractivity contribution in [1.82, 2.24) is 14.4 Å². The molecule has 0 radical (unpaired) electrons. The number of para-hydroxylation sites is 1. The molecule has 0 bridgehead atoms. The van der Waals surface area contributed by atoms with E-state index in [1.165, 1.54) is 11.8 Å². The Morgan fingerprint density at radius 3 is 2.69 bits per heavy atom. The van der Waals surface area contributed by atoms with Crippen LogP contribution in [0.25, 0.3) is 27.1 Å². The Labute approximate surface area is 175 Å². The molecule has 29 heavy (non-hydrogen) atoms. The minimum atomic E-state index is -0.0772. The molecule has 2 aromatic carbocycles. The molecular formula is C22H16N4OS2. The number of anilines is 1. The second-order valence-corrected chi connectivity index (χ2v) is 8.68. The van der Waals surface area contributed by atoms with Crippen LogP contribution in [0.15, 0.2) is 83.5 Å². The van der Waals surface area contributed by atoms with E-state index in [0.717, 1.165) is 31.5 Å². The third kappa shape index (κ3) is 3.74. The fraction of sp³-hybridized carbons (Fsp3) is 0.0455. The maximum Gasteiger partial charge on any atom is 0.234 e. The van der Waals surface area contributed by atoms with Crippen molar-refractivity contribution in [2.45, 2.75) is 4.34 Å². The largest absolute Gasteiger partial charge is 0.322 e. The van der Waals surface area contributed by atoms with E-state index in [1.54, 1.807) is 11.3 Å². The molecule has 0 saturated carbocycles. The molecule has 0 spiro atoms. The first-order valence-corrected chi connectivity index (χ1v) is 10.9. The summed E-state index contributed by atoms with van der Waals surface area (Å²) in [5.74, 6) is 0.222. The number of aromatic nitrogens is 3. The molecule has 142 valence electrons. The van der Waals surface area contributed by atoms with Gasteiger partial charge in [-0.3, -0.25) is 4.79 Å². The molecule has 0 aliphatic heterocycles. The van der Waals surface area contributed by atoms with Crippen LogP contribution in [0.1, 0.15) is 0 Å². The Morgan fingerprint density at radius 1 is 1.00 bits per heavy atom. The van der Waals surface area contributed by atoms with E-state index >= 15 is 0 Å². The number of hydrogen-bond acceptors (Lipinski definition) is 5. The predicted octanol–water partition coefficient (Wildman–Crippen LogP) is 5.34. The number of nitrogens with zero attached hydrogens (tertiary/aromatic N) is 3. The fourth-order valence-corrected chi connectivity index (χ4v) is 4.95. The second kappa shape index (κ2) is 7.69. The first-order chi connectivity index (χ1) is 14.3. The molecule has 5 rings (SSSR count). The van der Waals surface area contributed by atoms with Crippen LogP contribution in [-0.4, -0.2) is 26.0 Å². The van der Waals surface area contributed by atoms with Gasteiger partial charge < -0.3 is 9.72 Å². The number of rotatable bonds is 5. The van der Waals surface area contributed by atoms with Crippen LogP contribution < -0.4 is 5.32 Å². The summed E-state index contributed by atoms with van der Waals surface area (Å²) in [7, 11) is 0. The van der Waals surface area contributed by atoms with Gasteiger partial charge in [-0.25, -0.2) is 9.97 Å². The summed E-state index contributed by atoms with van der Waals surface area (Å²) in [6.07, 6.45) is 3.90. The highest BCUT2D eigenvalue weighted by molar-refractivity contribution is 8.01. The summed E-state index contributed by atoms with van der Waals surface area (Å²) in [6.45, 7) is 0. The lowest BCUT2D eigenvalue weighted by Gasteiger charge is -2.05. The quantitative estimate of drug-likeness (QED) is 0.393. The van der Waals surface area contributed by atoms with Crippen molar-refractivity contribution >= 4 is 50.6 Å². The normalized spacial score (nSPS) is 11.2. The van der Waals surface area contributed by atoms with Gasteiger partial charge in [0.15, 0.2) is 9.99 Å². The van der Waals surface area contributed by atoms with Crippen LogP contribution in [0.4, 0.5) is 5.69 Å². The Kier molecular flexibility index (Phi) is 4.75. The van der Waals surface area contributed by atoms with E-state index in [9.17, 15) is 4.79 Å². The molecule has 3 heterocycles. The van der Waals surface area contributed by atoms with Crippen LogP contribution in [0.5, 0.6) is 0 Å². The standard InChI is InChI=1S/C22H16N4OS2/c27-20(14-28-22-25-16-9-4-5-11-19(16)29-22)23-17-10-6-12-26-13-18(24-21(17)26)15-7-2-1-3-8-15/h1-13H,14H2,(H,23,27). The number of amides is 1. The van der Waals surface area contributed by atoms with Crippen LogP contribution in [0.2, 0.25) is 0 Å². The Balaban J connectivity index is 1.33. The van der Waals surface area contributed by atoms with Crippen LogP contribution in [0, 0.1) is 0 Å². The predicted molar refractivity (Wildman–Crippen MR) is 120 cm³/mol. The maximum atomic E-state index is 12.5. The first kappa shape index (κ1) is 17.9. The van der Waals surface area contributed by atoms with Crippen molar-refractivity contribution in [2.75, 3.05) is 11.1 Å². The number of thioether (sulfide) groups is 1. The van der Waals surface area contributed by atoms with Gasteiger partial charge in [0.2, 0.25) is 5.91 Å². The van der Waals surface area contributed by atoms with E-state index < -0.39 is 0 Å². The topological polar surface area (TPSA) is 59.3 Å². The smallest absolute Gasteiger partial charge is 0.234 e. The number of hydrogen-bond donors (Lipinski definition) is 1. The zero-order valence-corrected chi connectivity index (χ0v) is 16.9. The second-order valence-electron chi connectivity index (χ2n) is 6.43. The highest BCUT2D eigenvalue weighted by Crippen LogP contribution is 2.29. The molecular weight excluding hydrogens is 400 g/mol. The molecule has 0 saturated heterocycles. The van der Waals surface area contributed by atoms with E-state index in [2.05, 4.69) is 10.3 Å². The van der Waals surface area contributed by atoms with Gasteiger partial charge in [-0.1, -0.05) is 54.2 Å². The van der Waals surface area contributed by atoms with Crippen LogP contribution in [-0.2, 0) is 4.79 Å². The van der Waals surface area contributed by atoms with Gasteiger partial charge in [-0.05, 0) is 24.3 Å². The molecule has 5 aromatic rings. The molecule has 7 heteroatoms. The Morgan fingerprint density at radius 2 is 1.83 bits per heavy atom. The van der Waals surface area contributed by atoms with Crippen molar-refractivity contribution in [2.24, 2.45) is 0 Å². The highest BCUT2D eigenvalue weighted by Gasteiger charge is 2.12.